The molecule has 0 spiro atoms. The van der Waals surface area contributed by atoms with Gasteiger partial charge in [-0.3, -0.25) is 0 Å². The first-order valence-corrected chi connectivity index (χ1v) is 4.91. The zero-order chi connectivity index (χ0) is 9.42. The van der Waals surface area contributed by atoms with Gasteiger partial charge in [0.05, 0.1) is 34.1 Å². The summed E-state index contributed by atoms with van der Waals surface area (Å²) in [5.41, 5.74) is 1.44. The highest BCUT2D eigenvalue weighted by atomic mass is 127. The number of hydrogen-bond acceptors (Lipinski definition) is 1. The predicted molar refractivity (Wildman–Crippen MR) is 60.5 cm³/mol. The Morgan fingerprint density at radius 1 is 1.46 bits per heavy atom. The normalized spacial score (nSPS) is 10.7. The van der Waals surface area contributed by atoms with Gasteiger partial charge in [0.1, 0.15) is 5.82 Å². The molecule has 0 fully saturated rings. The van der Waals surface area contributed by atoms with Gasteiger partial charge in [-0.25, -0.2) is 4.39 Å². The van der Waals surface area contributed by atoms with E-state index in [4.69, 9.17) is 0 Å². The Kier molecular flexibility index (Phi) is 2.15. The van der Waals surface area contributed by atoms with E-state index in [1.807, 2.05) is 46.7 Å². The minimum absolute atomic E-state index is 0.219. The Bertz CT molecular complexity index is 450. The average Bonchev–Trinajstić information content (AvgIpc) is 2.47. The summed E-state index contributed by atoms with van der Waals surface area (Å²) in [5, 5.41) is 1.04. The van der Waals surface area contributed by atoms with Crippen LogP contribution in [-0.2, 0) is 7.05 Å². The minimum Gasteiger partial charge on any atom is -0.350 e. The van der Waals surface area contributed by atoms with Crippen LogP contribution in [0.1, 0.15) is 0 Å². The third-order valence-electron chi connectivity index (χ3n) is 2.08. The summed E-state index contributed by atoms with van der Waals surface area (Å²) in [5.74, 6) is -0.219. The number of halogens is 2. The number of fused-ring (bicyclic) bond motifs is 1. The highest BCUT2D eigenvalue weighted by molar-refractivity contribution is 14.1. The molecule has 2 aromatic rings. The highest BCUT2D eigenvalue weighted by Gasteiger charge is 2.05. The molecule has 0 amide bonds. The SMILES string of the molecule is Cn1ccc2cc(NI)c(F)cc21. The Labute approximate surface area is 89.2 Å². The Morgan fingerprint density at radius 3 is 2.92 bits per heavy atom. The van der Waals surface area contributed by atoms with Crippen molar-refractivity contribution in [3.8, 4) is 0 Å². The summed E-state index contributed by atoms with van der Waals surface area (Å²) in [6.45, 7) is 0. The smallest absolute Gasteiger partial charge is 0.149 e. The maximum absolute atomic E-state index is 13.3. The van der Waals surface area contributed by atoms with Gasteiger partial charge in [-0.2, -0.15) is 0 Å². The van der Waals surface area contributed by atoms with Crippen molar-refractivity contribution in [3.05, 3.63) is 30.2 Å². The van der Waals surface area contributed by atoms with E-state index < -0.39 is 0 Å². The summed E-state index contributed by atoms with van der Waals surface area (Å²) < 4.78 is 18.0. The first-order valence-electron chi connectivity index (χ1n) is 3.83. The zero-order valence-electron chi connectivity index (χ0n) is 7.01. The van der Waals surface area contributed by atoms with E-state index in [0.29, 0.717) is 5.69 Å². The monoisotopic (exact) mass is 290 g/mol. The van der Waals surface area contributed by atoms with Crippen LogP contribution in [0, 0.1) is 5.82 Å². The second-order valence-corrected chi connectivity index (χ2v) is 3.45. The molecule has 0 radical (unpaired) electrons. The first-order chi connectivity index (χ1) is 6.22. The molecular formula is C9H8FIN2. The van der Waals surface area contributed by atoms with E-state index >= 15 is 0 Å². The third kappa shape index (κ3) is 1.39. The van der Waals surface area contributed by atoms with Gasteiger partial charge in [0.2, 0.25) is 0 Å². The molecule has 0 atom stereocenters. The molecule has 2 nitrogen and oxygen atoms in total. The molecular weight excluding hydrogens is 282 g/mol. The summed E-state index contributed by atoms with van der Waals surface area (Å²) in [6.07, 6.45) is 1.92. The standard InChI is InChI=1S/C9H8FIN2/c1-13-3-2-6-4-8(12-11)7(10)5-9(6)13/h2-5,12H,1H3. The molecule has 0 aliphatic carbocycles. The number of aryl methyl sites for hydroxylation is 1. The van der Waals surface area contributed by atoms with Gasteiger partial charge in [0, 0.05) is 24.7 Å². The lowest BCUT2D eigenvalue weighted by atomic mass is 10.2. The number of aromatic nitrogens is 1. The number of anilines is 1. The van der Waals surface area contributed by atoms with Gasteiger partial charge in [-0.15, -0.1) is 0 Å². The molecule has 0 bridgehead atoms. The highest BCUT2D eigenvalue weighted by Crippen LogP contribution is 2.24. The fourth-order valence-electron chi connectivity index (χ4n) is 1.36. The molecule has 1 N–H and O–H groups in total. The van der Waals surface area contributed by atoms with Crippen molar-refractivity contribution in [3.63, 3.8) is 0 Å². The molecule has 13 heavy (non-hydrogen) atoms. The van der Waals surface area contributed by atoms with Gasteiger partial charge in [0.25, 0.3) is 0 Å². The van der Waals surface area contributed by atoms with Crippen LogP contribution in [0.5, 0.6) is 0 Å². The van der Waals surface area contributed by atoms with E-state index in [2.05, 4.69) is 3.53 Å². The fraction of sp³-hybridized carbons (Fsp3) is 0.111. The van der Waals surface area contributed by atoms with Gasteiger partial charge in [-0.1, -0.05) is 0 Å². The fourth-order valence-corrected chi connectivity index (χ4v) is 1.78. The van der Waals surface area contributed by atoms with Crippen molar-refractivity contribution in [2.24, 2.45) is 7.05 Å². The average molecular weight is 290 g/mol. The maximum Gasteiger partial charge on any atom is 0.149 e. The number of benzene rings is 1. The Balaban J connectivity index is 2.76. The van der Waals surface area contributed by atoms with Crippen LogP contribution in [0.3, 0.4) is 0 Å². The Morgan fingerprint density at radius 2 is 2.23 bits per heavy atom. The molecule has 1 aromatic heterocycles. The summed E-state index contributed by atoms with van der Waals surface area (Å²) >= 11 is 1.92. The van der Waals surface area contributed by atoms with E-state index in [1.54, 1.807) is 6.07 Å². The molecule has 2 rings (SSSR count). The van der Waals surface area contributed by atoms with Gasteiger partial charge < -0.3 is 8.10 Å². The second-order valence-electron chi connectivity index (χ2n) is 2.91. The minimum atomic E-state index is -0.219. The quantitative estimate of drug-likeness (QED) is 0.631. The van der Waals surface area contributed by atoms with Crippen LogP contribution in [0.25, 0.3) is 10.9 Å². The number of rotatable bonds is 1. The largest absolute Gasteiger partial charge is 0.350 e. The topological polar surface area (TPSA) is 17.0 Å². The molecule has 0 unspecified atom stereocenters. The van der Waals surface area contributed by atoms with Crippen molar-refractivity contribution in [2.75, 3.05) is 3.53 Å². The molecule has 68 valence electrons. The molecule has 1 aromatic carbocycles. The lowest BCUT2D eigenvalue weighted by Gasteiger charge is -2.01. The van der Waals surface area contributed by atoms with Crippen LogP contribution >= 0.6 is 22.9 Å². The van der Waals surface area contributed by atoms with E-state index in [0.717, 1.165) is 10.9 Å². The first kappa shape index (κ1) is 8.80. The van der Waals surface area contributed by atoms with E-state index in [-0.39, 0.29) is 5.82 Å². The summed E-state index contributed by atoms with van der Waals surface area (Å²) in [7, 11) is 1.90. The van der Waals surface area contributed by atoms with E-state index in [1.165, 1.54) is 6.07 Å². The summed E-state index contributed by atoms with van der Waals surface area (Å²) in [4.78, 5) is 0. The molecule has 1 heterocycles. The van der Waals surface area contributed by atoms with Crippen LogP contribution in [-0.4, -0.2) is 4.57 Å². The predicted octanol–water partition coefficient (Wildman–Crippen LogP) is 3.08. The third-order valence-corrected chi connectivity index (χ3v) is 2.66. The van der Waals surface area contributed by atoms with Gasteiger partial charge >= 0.3 is 0 Å². The van der Waals surface area contributed by atoms with Crippen LogP contribution in [0.4, 0.5) is 10.1 Å². The van der Waals surface area contributed by atoms with Crippen LogP contribution in [0.2, 0.25) is 0 Å². The van der Waals surface area contributed by atoms with Crippen LogP contribution < -0.4 is 3.53 Å². The number of nitrogens with zero attached hydrogens (tertiary/aromatic N) is 1. The number of nitrogens with one attached hydrogen (secondary N) is 1. The van der Waals surface area contributed by atoms with Crippen molar-refractivity contribution in [1.82, 2.24) is 4.57 Å². The number of hydrogen-bond donors (Lipinski definition) is 1. The van der Waals surface area contributed by atoms with Gasteiger partial charge in [-0.05, 0) is 12.1 Å². The van der Waals surface area contributed by atoms with Crippen LogP contribution in [0.15, 0.2) is 24.4 Å². The van der Waals surface area contributed by atoms with Crippen molar-refractivity contribution >= 4 is 39.5 Å². The molecule has 0 aliphatic rings. The zero-order valence-corrected chi connectivity index (χ0v) is 9.17. The maximum atomic E-state index is 13.3. The van der Waals surface area contributed by atoms with Crippen molar-refractivity contribution in [2.45, 2.75) is 0 Å². The Hall–Kier alpha value is -0.780. The lowest BCUT2D eigenvalue weighted by molar-refractivity contribution is 0.634. The summed E-state index contributed by atoms with van der Waals surface area (Å²) in [6, 6.07) is 5.31. The van der Waals surface area contributed by atoms with Crippen molar-refractivity contribution < 1.29 is 4.39 Å². The molecule has 0 aliphatic heterocycles. The lowest BCUT2D eigenvalue weighted by Crippen LogP contribution is -1.88. The molecule has 0 saturated heterocycles. The second kappa shape index (κ2) is 3.17. The molecule has 4 heteroatoms. The van der Waals surface area contributed by atoms with Crippen molar-refractivity contribution in [1.29, 1.82) is 0 Å². The van der Waals surface area contributed by atoms with Gasteiger partial charge in [0.15, 0.2) is 0 Å². The van der Waals surface area contributed by atoms with E-state index in [9.17, 15) is 4.39 Å². The molecule has 0 saturated carbocycles.